The highest BCUT2D eigenvalue weighted by molar-refractivity contribution is 6.42. The highest BCUT2D eigenvalue weighted by atomic mass is 35.5. The van der Waals surface area contributed by atoms with Gasteiger partial charge in [0.05, 0.1) is 15.5 Å². The Morgan fingerprint density at radius 1 is 1.30 bits per heavy atom. The Morgan fingerprint density at radius 2 is 1.96 bits per heavy atom. The van der Waals surface area contributed by atoms with Crippen LogP contribution in [0.25, 0.3) is 0 Å². The fraction of sp³-hybridized carbons (Fsp3) is 0.611. The second-order valence-electron chi connectivity index (χ2n) is 6.91. The molecule has 0 aromatic heterocycles. The van der Waals surface area contributed by atoms with Gasteiger partial charge in [-0.05, 0) is 48.9 Å². The van der Waals surface area contributed by atoms with E-state index in [9.17, 15) is 4.79 Å². The molecule has 1 aromatic carbocycles. The van der Waals surface area contributed by atoms with Gasteiger partial charge in [-0.2, -0.15) is 0 Å². The Morgan fingerprint density at radius 3 is 2.43 bits per heavy atom. The summed E-state index contributed by atoms with van der Waals surface area (Å²) in [5, 5.41) is 1.01. The van der Waals surface area contributed by atoms with Gasteiger partial charge in [0.2, 0.25) is 5.91 Å². The zero-order chi connectivity index (χ0) is 17.3. The number of amides is 1. The van der Waals surface area contributed by atoms with Crippen molar-refractivity contribution >= 4 is 29.1 Å². The van der Waals surface area contributed by atoms with Crippen LogP contribution in [0.2, 0.25) is 10.0 Å². The maximum Gasteiger partial charge on any atom is 0.233 e. The third kappa shape index (κ3) is 3.38. The summed E-state index contributed by atoms with van der Waals surface area (Å²) in [5.41, 5.74) is 6.31. The second-order valence-corrected chi connectivity index (χ2v) is 7.72. The number of benzene rings is 1. The van der Waals surface area contributed by atoms with Gasteiger partial charge in [0.15, 0.2) is 0 Å². The average Bonchev–Trinajstić information content (AvgIpc) is 2.95. The van der Waals surface area contributed by atoms with E-state index in [1.807, 2.05) is 17.0 Å². The van der Waals surface area contributed by atoms with Crippen LogP contribution < -0.4 is 5.73 Å². The summed E-state index contributed by atoms with van der Waals surface area (Å²) in [6.07, 6.45) is 2.42. The standard InChI is InChI=1S/C18H26Cl2N2O/c1-4-18(5-2,13-6-7-14(19)15(20)10-13)16(23)22-9-8-17(3,11-21)12-22/h6-7,10H,4-5,8-9,11-12,21H2,1-3H3. The summed E-state index contributed by atoms with van der Waals surface area (Å²) in [6, 6.07) is 5.55. The minimum Gasteiger partial charge on any atom is -0.341 e. The molecule has 0 saturated carbocycles. The quantitative estimate of drug-likeness (QED) is 0.856. The van der Waals surface area contributed by atoms with Crippen molar-refractivity contribution < 1.29 is 4.79 Å². The summed E-state index contributed by atoms with van der Waals surface area (Å²) in [4.78, 5) is 15.3. The molecule has 1 heterocycles. The van der Waals surface area contributed by atoms with Crippen molar-refractivity contribution in [3.05, 3.63) is 33.8 Å². The molecular weight excluding hydrogens is 331 g/mol. The van der Waals surface area contributed by atoms with Crippen molar-refractivity contribution in [1.29, 1.82) is 0 Å². The molecule has 1 unspecified atom stereocenters. The number of halogens is 2. The predicted molar refractivity (Wildman–Crippen MR) is 97.1 cm³/mol. The third-order valence-corrected chi connectivity index (χ3v) is 6.17. The third-order valence-electron chi connectivity index (χ3n) is 5.43. The summed E-state index contributed by atoms with van der Waals surface area (Å²) in [6.45, 7) is 8.37. The monoisotopic (exact) mass is 356 g/mol. The van der Waals surface area contributed by atoms with Gasteiger partial charge in [-0.15, -0.1) is 0 Å². The summed E-state index contributed by atoms with van der Waals surface area (Å²) >= 11 is 12.2. The number of hydrogen-bond acceptors (Lipinski definition) is 2. The lowest BCUT2D eigenvalue weighted by atomic mass is 9.74. The summed E-state index contributed by atoms with van der Waals surface area (Å²) in [5.74, 6) is 0.179. The number of rotatable bonds is 5. The smallest absolute Gasteiger partial charge is 0.233 e. The predicted octanol–water partition coefficient (Wildman–Crippen LogP) is 4.25. The minimum absolute atomic E-state index is 0.0283. The number of carbonyl (C=O) groups excluding carboxylic acids is 1. The van der Waals surface area contributed by atoms with Gasteiger partial charge in [-0.25, -0.2) is 0 Å². The van der Waals surface area contributed by atoms with E-state index in [0.29, 0.717) is 16.6 Å². The highest BCUT2D eigenvalue weighted by Gasteiger charge is 2.44. The topological polar surface area (TPSA) is 46.3 Å². The molecule has 3 nitrogen and oxygen atoms in total. The zero-order valence-corrected chi connectivity index (χ0v) is 15.7. The van der Waals surface area contributed by atoms with E-state index in [1.165, 1.54) is 0 Å². The van der Waals surface area contributed by atoms with Crippen molar-refractivity contribution in [3.63, 3.8) is 0 Å². The molecule has 1 atom stereocenters. The first-order chi connectivity index (χ1) is 10.8. The molecule has 0 spiro atoms. The molecule has 128 valence electrons. The first-order valence-corrected chi connectivity index (χ1v) is 9.02. The Balaban J connectivity index is 2.37. The van der Waals surface area contributed by atoms with E-state index in [-0.39, 0.29) is 11.3 Å². The van der Waals surface area contributed by atoms with Crippen LogP contribution in [-0.2, 0) is 10.2 Å². The van der Waals surface area contributed by atoms with Crippen molar-refractivity contribution in [2.24, 2.45) is 11.1 Å². The maximum atomic E-state index is 13.3. The molecule has 1 aliphatic rings. The van der Waals surface area contributed by atoms with E-state index in [0.717, 1.165) is 37.9 Å². The van der Waals surface area contributed by atoms with Gasteiger partial charge in [-0.3, -0.25) is 4.79 Å². The summed E-state index contributed by atoms with van der Waals surface area (Å²) < 4.78 is 0. The molecule has 1 fully saturated rings. The molecule has 1 saturated heterocycles. The number of nitrogens with two attached hydrogens (primary N) is 1. The second kappa shape index (κ2) is 7.00. The first-order valence-electron chi connectivity index (χ1n) is 8.27. The van der Waals surface area contributed by atoms with Crippen LogP contribution in [0.15, 0.2) is 18.2 Å². The number of hydrogen-bond donors (Lipinski definition) is 1. The molecule has 1 aromatic rings. The fourth-order valence-corrected chi connectivity index (χ4v) is 3.84. The Hall–Kier alpha value is -0.770. The Labute approximate surface area is 149 Å². The van der Waals surface area contributed by atoms with E-state index in [1.54, 1.807) is 6.07 Å². The molecular formula is C18H26Cl2N2O. The van der Waals surface area contributed by atoms with Crippen molar-refractivity contribution in [2.45, 2.75) is 45.4 Å². The number of likely N-dealkylation sites (tertiary alicyclic amines) is 1. The maximum absolute atomic E-state index is 13.3. The lowest BCUT2D eigenvalue weighted by Crippen LogP contribution is -2.46. The molecule has 5 heteroatoms. The van der Waals surface area contributed by atoms with E-state index in [4.69, 9.17) is 28.9 Å². The van der Waals surface area contributed by atoms with Crippen LogP contribution in [0.3, 0.4) is 0 Å². The molecule has 0 bridgehead atoms. The largest absolute Gasteiger partial charge is 0.341 e. The number of nitrogens with zero attached hydrogens (tertiary/aromatic N) is 1. The molecule has 23 heavy (non-hydrogen) atoms. The van der Waals surface area contributed by atoms with Gasteiger partial charge in [0.25, 0.3) is 0 Å². The van der Waals surface area contributed by atoms with E-state index < -0.39 is 5.41 Å². The van der Waals surface area contributed by atoms with E-state index in [2.05, 4.69) is 20.8 Å². The normalized spacial score (nSPS) is 21.7. The minimum atomic E-state index is -0.548. The van der Waals surface area contributed by atoms with Gasteiger partial charge < -0.3 is 10.6 Å². The molecule has 0 aliphatic carbocycles. The molecule has 1 amide bonds. The first kappa shape index (κ1) is 18.6. The lowest BCUT2D eigenvalue weighted by molar-refractivity contribution is -0.137. The van der Waals surface area contributed by atoms with Crippen molar-refractivity contribution in [3.8, 4) is 0 Å². The Kier molecular flexibility index (Phi) is 5.65. The van der Waals surface area contributed by atoms with Gasteiger partial charge >= 0.3 is 0 Å². The lowest BCUT2D eigenvalue weighted by Gasteiger charge is -2.36. The summed E-state index contributed by atoms with van der Waals surface area (Å²) in [7, 11) is 0. The molecule has 2 N–H and O–H groups in total. The van der Waals surface area contributed by atoms with E-state index >= 15 is 0 Å². The van der Waals surface area contributed by atoms with Crippen molar-refractivity contribution in [1.82, 2.24) is 4.90 Å². The molecule has 2 rings (SSSR count). The van der Waals surface area contributed by atoms with Crippen LogP contribution in [0.1, 0.15) is 45.6 Å². The number of carbonyl (C=O) groups is 1. The zero-order valence-electron chi connectivity index (χ0n) is 14.2. The van der Waals surface area contributed by atoms with Crippen LogP contribution >= 0.6 is 23.2 Å². The average molecular weight is 357 g/mol. The van der Waals surface area contributed by atoms with Crippen LogP contribution in [0.4, 0.5) is 0 Å². The van der Waals surface area contributed by atoms with Crippen LogP contribution in [0.5, 0.6) is 0 Å². The van der Waals surface area contributed by atoms with Gasteiger partial charge in [0, 0.05) is 13.1 Å². The molecule has 0 radical (unpaired) electrons. The van der Waals surface area contributed by atoms with Gasteiger partial charge in [-0.1, -0.05) is 50.0 Å². The molecule has 1 aliphatic heterocycles. The van der Waals surface area contributed by atoms with Crippen LogP contribution in [-0.4, -0.2) is 30.4 Å². The fourth-order valence-electron chi connectivity index (χ4n) is 3.54. The van der Waals surface area contributed by atoms with Crippen LogP contribution in [0, 0.1) is 5.41 Å². The Bertz CT molecular complexity index is 586. The highest BCUT2D eigenvalue weighted by Crippen LogP contribution is 2.39. The van der Waals surface area contributed by atoms with Crippen molar-refractivity contribution in [2.75, 3.05) is 19.6 Å². The SMILES string of the molecule is CCC(CC)(C(=O)N1CCC(C)(CN)C1)c1ccc(Cl)c(Cl)c1. The van der Waals surface area contributed by atoms with Gasteiger partial charge in [0.1, 0.15) is 0 Å².